The normalized spacial score (nSPS) is 26.5. The fourth-order valence-electron chi connectivity index (χ4n) is 3.40. The van der Waals surface area contributed by atoms with E-state index < -0.39 is 11.6 Å². The van der Waals surface area contributed by atoms with E-state index in [0.717, 1.165) is 17.7 Å². The smallest absolute Gasteiger partial charge is 0.325 e. The molecule has 3 amide bonds. The number of furan rings is 1. The number of imide groups is 1. The minimum Gasteiger partial charge on any atom is -0.444 e. The molecule has 1 saturated carbocycles. The number of halogens is 1. The zero-order valence-electron chi connectivity index (χ0n) is 13.6. The van der Waals surface area contributed by atoms with Gasteiger partial charge in [-0.3, -0.25) is 9.69 Å². The molecule has 0 aromatic carbocycles. The molecule has 2 fully saturated rings. The summed E-state index contributed by atoms with van der Waals surface area (Å²) in [5.41, 5.74) is -0.766. The lowest BCUT2D eigenvalue weighted by Crippen LogP contribution is -2.49. The Kier molecular flexibility index (Phi) is 3.90. The largest absolute Gasteiger partial charge is 0.444 e. The van der Waals surface area contributed by atoms with E-state index in [1.165, 1.54) is 0 Å². The summed E-state index contributed by atoms with van der Waals surface area (Å²) in [6, 6.07) is 3.00. The maximum absolute atomic E-state index is 12.8. The lowest BCUT2D eigenvalue weighted by Gasteiger charge is -2.33. The first-order chi connectivity index (χ1) is 12.0. The van der Waals surface area contributed by atoms with E-state index in [0.29, 0.717) is 29.2 Å². The van der Waals surface area contributed by atoms with Crippen molar-refractivity contribution in [3.63, 3.8) is 0 Å². The van der Waals surface area contributed by atoms with E-state index in [9.17, 15) is 9.59 Å². The average Bonchev–Trinajstić information content (AvgIpc) is 3.27. The molecular weight excluding hydrogens is 392 g/mol. The summed E-state index contributed by atoms with van der Waals surface area (Å²) in [6.07, 6.45) is 3.20. The van der Waals surface area contributed by atoms with Gasteiger partial charge in [0.05, 0.1) is 0 Å². The van der Waals surface area contributed by atoms with Gasteiger partial charge in [0.1, 0.15) is 12.1 Å². The highest BCUT2D eigenvalue weighted by molar-refractivity contribution is 9.10. The summed E-state index contributed by atoms with van der Waals surface area (Å²) in [5, 5.41) is 10.7. The van der Waals surface area contributed by atoms with Crippen LogP contribution in [-0.4, -0.2) is 32.6 Å². The van der Waals surface area contributed by atoms with Gasteiger partial charge in [-0.25, -0.2) is 4.79 Å². The molecule has 1 saturated heterocycles. The number of nitrogens with zero attached hydrogens (tertiary/aromatic N) is 3. The fraction of sp³-hybridized carbons (Fsp3) is 0.500. The monoisotopic (exact) mass is 408 g/mol. The third-order valence-corrected chi connectivity index (χ3v) is 5.34. The summed E-state index contributed by atoms with van der Waals surface area (Å²) in [5.74, 6) is 1.18. The number of nitrogens with one attached hydrogen (secondary N) is 1. The molecule has 4 rings (SSSR count). The maximum Gasteiger partial charge on any atom is 0.325 e. The summed E-state index contributed by atoms with van der Waals surface area (Å²) in [7, 11) is 0. The SMILES string of the molecule is CC1CCC2(CC1)NC(=O)N(Cc1nnc(-c3ccc(Br)o3)o1)C2=O. The van der Waals surface area contributed by atoms with Crippen LogP contribution < -0.4 is 5.32 Å². The van der Waals surface area contributed by atoms with Gasteiger partial charge in [-0.1, -0.05) is 6.92 Å². The van der Waals surface area contributed by atoms with Crippen LogP contribution in [0, 0.1) is 5.92 Å². The van der Waals surface area contributed by atoms with Gasteiger partial charge in [0.2, 0.25) is 5.89 Å². The van der Waals surface area contributed by atoms with E-state index in [1.807, 2.05) is 0 Å². The van der Waals surface area contributed by atoms with Crippen LogP contribution in [0.25, 0.3) is 11.7 Å². The third-order valence-electron chi connectivity index (χ3n) is 4.92. The highest BCUT2D eigenvalue weighted by Gasteiger charge is 2.52. The second kappa shape index (κ2) is 5.98. The van der Waals surface area contributed by atoms with Crippen LogP contribution in [0.5, 0.6) is 0 Å². The first kappa shape index (κ1) is 16.3. The van der Waals surface area contributed by atoms with Gasteiger partial charge < -0.3 is 14.2 Å². The number of urea groups is 1. The Morgan fingerprint density at radius 2 is 2.04 bits per heavy atom. The predicted molar refractivity (Wildman–Crippen MR) is 89.1 cm³/mol. The summed E-state index contributed by atoms with van der Waals surface area (Å²) < 4.78 is 11.4. The first-order valence-electron chi connectivity index (χ1n) is 8.19. The standard InChI is InChI=1S/C16H17BrN4O4/c1-9-4-6-16(7-5-9)14(22)21(15(23)18-16)8-12-19-20-13(25-12)10-2-3-11(17)24-10/h2-3,9H,4-8H2,1H3,(H,18,23). The van der Waals surface area contributed by atoms with Crippen LogP contribution in [0.15, 0.2) is 25.6 Å². The van der Waals surface area contributed by atoms with E-state index in [-0.39, 0.29) is 24.2 Å². The quantitative estimate of drug-likeness (QED) is 0.782. The lowest BCUT2D eigenvalue weighted by molar-refractivity contribution is -0.133. The molecule has 1 aliphatic heterocycles. The molecule has 1 spiro atoms. The highest BCUT2D eigenvalue weighted by atomic mass is 79.9. The molecule has 0 atom stereocenters. The Morgan fingerprint density at radius 1 is 1.28 bits per heavy atom. The second-order valence-electron chi connectivity index (χ2n) is 6.69. The molecule has 3 heterocycles. The molecule has 2 aromatic rings. The van der Waals surface area contributed by atoms with E-state index in [1.54, 1.807) is 12.1 Å². The number of amides is 3. The number of hydrogen-bond acceptors (Lipinski definition) is 6. The van der Waals surface area contributed by atoms with Gasteiger partial charge in [0, 0.05) is 0 Å². The van der Waals surface area contributed by atoms with Crippen molar-refractivity contribution in [1.29, 1.82) is 0 Å². The van der Waals surface area contributed by atoms with Gasteiger partial charge in [-0.05, 0) is 59.7 Å². The van der Waals surface area contributed by atoms with Crippen LogP contribution in [0.4, 0.5) is 4.79 Å². The molecule has 0 bridgehead atoms. The lowest BCUT2D eigenvalue weighted by atomic mass is 9.77. The molecule has 0 unspecified atom stereocenters. The Hall–Kier alpha value is -2.16. The molecule has 25 heavy (non-hydrogen) atoms. The van der Waals surface area contributed by atoms with E-state index in [4.69, 9.17) is 8.83 Å². The second-order valence-corrected chi connectivity index (χ2v) is 7.47. The first-order valence-corrected chi connectivity index (χ1v) is 8.98. The molecule has 132 valence electrons. The van der Waals surface area contributed by atoms with Crippen molar-refractivity contribution >= 4 is 27.9 Å². The van der Waals surface area contributed by atoms with Crippen molar-refractivity contribution in [1.82, 2.24) is 20.4 Å². The highest BCUT2D eigenvalue weighted by Crippen LogP contribution is 2.36. The van der Waals surface area contributed by atoms with Crippen molar-refractivity contribution in [2.24, 2.45) is 5.92 Å². The van der Waals surface area contributed by atoms with E-state index in [2.05, 4.69) is 38.4 Å². The Labute approximate surface area is 152 Å². The van der Waals surface area contributed by atoms with Crippen molar-refractivity contribution in [3.05, 3.63) is 22.7 Å². The van der Waals surface area contributed by atoms with Gasteiger partial charge in [-0.2, -0.15) is 0 Å². The number of carbonyl (C=O) groups is 2. The molecule has 2 aromatic heterocycles. The Bertz CT molecular complexity index is 822. The van der Waals surface area contributed by atoms with Crippen molar-refractivity contribution in [2.75, 3.05) is 0 Å². The van der Waals surface area contributed by atoms with Gasteiger partial charge in [0.15, 0.2) is 10.4 Å². The molecule has 8 nitrogen and oxygen atoms in total. The van der Waals surface area contributed by atoms with Crippen LogP contribution in [0.3, 0.4) is 0 Å². The van der Waals surface area contributed by atoms with Crippen molar-refractivity contribution < 1.29 is 18.4 Å². The molecule has 1 aliphatic carbocycles. The van der Waals surface area contributed by atoms with Gasteiger partial charge >= 0.3 is 6.03 Å². The summed E-state index contributed by atoms with van der Waals surface area (Å²) in [4.78, 5) is 26.3. The van der Waals surface area contributed by atoms with Crippen LogP contribution in [-0.2, 0) is 11.3 Å². The Morgan fingerprint density at radius 3 is 2.72 bits per heavy atom. The minimum atomic E-state index is -0.766. The number of carbonyl (C=O) groups excluding carboxylic acids is 2. The van der Waals surface area contributed by atoms with E-state index >= 15 is 0 Å². The number of hydrogen-bond donors (Lipinski definition) is 1. The van der Waals surface area contributed by atoms with Crippen LogP contribution in [0.2, 0.25) is 0 Å². The molecule has 2 aliphatic rings. The van der Waals surface area contributed by atoms with Gasteiger partial charge in [-0.15, -0.1) is 10.2 Å². The molecular formula is C16H17BrN4O4. The van der Waals surface area contributed by atoms with Gasteiger partial charge in [0.25, 0.3) is 11.8 Å². The predicted octanol–water partition coefficient (Wildman–Crippen LogP) is 3.09. The van der Waals surface area contributed by atoms with Crippen molar-refractivity contribution in [3.8, 4) is 11.7 Å². The number of rotatable bonds is 3. The van der Waals surface area contributed by atoms with Crippen molar-refractivity contribution in [2.45, 2.75) is 44.7 Å². The summed E-state index contributed by atoms with van der Waals surface area (Å²) in [6.45, 7) is 2.12. The third kappa shape index (κ3) is 2.86. The van der Waals surface area contributed by atoms with Crippen LogP contribution >= 0.6 is 15.9 Å². The zero-order chi connectivity index (χ0) is 17.6. The van der Waals surface area contributed by atoms with Crippen LogP contribution in [0.1, 0.15) is 38.5 Å². The number of aromatic nitrogens is 2. The fourth-order valence-corrected chi connectivity index (χ4v) is 3.70. The zero-order valence-corrected chi connectivity index (χ0v) is 15.2. The Balaban J connectivity index is 1.50. The summed E-state index contributed by atoms with van der Waals surface area (Å²) >= 11 is 3.21. The molecule has 9 heteroatoms. The molecule has 1 N–H and O–H groups in total. The topological polar surface area (TPSA) is 101 Å². The minimum absolute atomic E-state index is 0.0448. The average molecular weight is 409 g/mol. The molecule has 0 radical (unpaired) electrons. The maximum atomic E-state index is 12.8.